The number of carbonyl (C=O) groups excluding carboxylic acids is 1. The van der Waals surface area contributed by atoms with Crippen molar-refractivity contribution in [1.29, 1.82) is 0 Å². The molecule has 6 heteroatoms. The van der Waals surface area contributed by atoms with Gasteiger partial charge in [0.25, 0.3) is 5.91 Å². The van der Waals surface area contributed by atoms with E-state index in [0.717, 1.165) is 16.2 Å². The van der Waals surface area contributed by atoms with E-state index >= 15 is 0 Å². The van der Waals surface area contributed by atoms with Crippen LogP contribution in [0.2, 0.25) is 0 Å². The lowest BCUT2D eigenvalue weighted by molar-refractivity contribution is 0.102. The van der Waals surface area contributed by atoms with E-state index in [1.165, 1.54) is 11.3 Å². The summed E-state index contributed by atoms with van der Waals surface area (Å²) in [7, 11) is 0. The number of hydrogen-bond donors (Lipinski definition) is 1. The molecule has 0 saturated heterocycles. The summed E-state index contributed by atoms with van der Waals surface area (Å²) >= 11 is 3.15. The van der Waals surface area contributed by atoms with Crippen molar-refractivity contribution in [2.24, 2.45) is 0 Å². The average molecular weight is 355 g/mol. The van der Waals surface area contributed by atoms with Crippen molar-refractivity contribution in [2.75, 3.05) is 5.32 Å². The second-order valence-corrected chi connectivity index (χ2v) is 7.93. The maximum atomic E-state index is 12.4. The molecule has 0 saturated carbocycles. The Morgan fingerprint density at radius 3 is 2.75 bits per heavy atom. The highest BCUT2D eigenvalue weighted by atomic mass is 32.2. The van der Waals surface area contributed by atoms with Gasteiger partial charge < -0.3 is 0 Å². The zero-order chi connectivity index (χ0) is 16.9. The van der Waals surface area contributed by atoms with Crippen LogP contribution in [-0.4, -0.2) is 21.1 Å². The highest BCUT2D eigenvalue weighted by Gasteiger charge is 2.11. The van der Waals surface area contributed by atoms with Gasteiger partial charge in [-0.25, -0.2) is 4.98 Å². The number of aromatic nitrogens is 2. The Balaban J connectivity index is 1.72. The van der Waals surface area contributed by atoms with Crippen LogP contribution in [0.5, 0.6) is 0 Å². The van der Waals surface area contributed by atoms with Gasteiger partial charge in [0.15, 0.2) is 5.13 Å². The van der Waals surface area contributed by atoms with Crippen LogP contribution in [0.4, 0.5) is 5.13 Å². The summed E-state index contributed by atoms with van der Waals surface area (Å²) in [6, 6.07) is 11.4. The van der Waals surface area contributed by atoms with Crippen LogP contribution < -0.4 is 5.32 Å². The normalized spacial score (nSPS) is 10.8. The smallest absolute Gasteiger partial charge is 0.257 e. The van der Waals surface area contributed by atoms with E-state index in [-0.39, 0.29) is 5.91 Å². The Morgan fingerprint density at radius 2 is 2.00 bits per heavy atom. The number of anilines is 1. The molecule has 24 heavy (non-hydrogen) atoms. The molecule has 0 radical (unpaired) electrons. The molecule has 2 heterocycles. The summed E-state index contributed by atoms with van der Waals surface area (Å²) in [5.74, 6) is -0.142. The summed E-state index contributed by atoms with van der Waals surface area (Å²) < 4.78 is 0. The maximum Gasteiger partial charge on any atom is 0.257 e. The van der Waals surface area contributed by atoms with Gasteiger partial charge in [0.05, 0.1) is 5.69 Å². The van der Waals surface area contributed by atoms with Crippen molar-refractivity contribution in [3.8, 4) is 11.3 Å². The lowest BCUT2D eigenvalue weighted by atomic mass is 10.2. The van der Waals surface area contributed by atoms with Gasteiger partial charge >= 0.3 is 0 Å². The number of hydrogen-bond acceptors (Lipinski definition) is 5. The molecule has 0 fully saturated rings. The second kappa shape index (κ2) is 7.59. The minimum absolute atomic E-state index is 0.142. The SMILES string of the molecule is CC(C)Sc1cccc(C(=O)Nc2nc(-c3ccncc3)cs2)c1. The molecular formula is C18H17N3OS2. The van der Waals surface area contributed by atoms with E-state index in [1.807, 2.05) is 41.8 Å². The van der Waals surface area contributed by atoms with E-state index < -0.39 is 0 Å². The van der Waals surface area contributed by atoms with Crippen LogP contribution in [0.15, 0.2) is 59.1 Å². The van der Waals surface area contributed by atoms with Crippen LogP contribution in [0, 0.1) is 0 Å². The minimum atomic E-state index is -0.142. The predicted molar refractivity (Wildman–Crippen MR) is 101 cm³/mol. The largest absolute Gasteiger partial charge is 0.298 e. The molecule has 3 rings (SSSR count). The average Bonchev–Trinajstić information content (AvgIpc) is 3.04. The summed E-state index contributed by atoms with van der Waals surface area (Å²) in [4.78, 5) is 22.0. The monoisotopic (exact) mass is 355 g/mol. The number of thioether (sulfide) groups is 1. The van der Waals surface area contributed by atoms with Gasteiger partial charge in [-0.3, -0.25) is 15.1 Å². The molecule has 1 amide bonds. The molecule has 0 bridgehead atoms. The highest BCUT2D eigenvalue weighted by molar-refractivity contribution is 7.99. The van der Waals surface area contributed by atoms with E-state index in [1.54, 1.807) is 24.2 Å². The van der Waals surface area contributed by atoms with Crippen molar-refractivity contribution in [2.45, 2.75) is 24.0 Å². The number of benzene rings is 1. The van der Waals surface area contributed by atoms with Gasteiger partial charge in [-0.1, -0.05) is 19.9 Å². The first kappa shape index (κ1) is 16.7. The Kier molecular flexibility index (Phi) is 5.27. The molecule has 0 aliphatic carbocycles. The van der Waals surface area contributed by atoms with Crippen LogP contribution in [0.1, 0.15) is 24.2 Å². The zero-order valence-corrected chi connectivity index (χ0v) is 15.0. The van der Waals surface area contributed by atoms with Crippen LogP contribution in [0.25, 0.3) is 11.3 Å². The number of amides is 1. The van der Waals surface area contributed by atoms with Crippen molar-refractivity contribution >= 4 is 34.1 Å². The quantitative estimate of drug-likeness (QED) is 0.657. The van der Waals surface area contributed by atoms with Crippen LogP contribution >= 0.6 is 23.1 Å². The van der Waals surface area contributed by atoms with Gasteiger partial charge in [-0.05, 0) is 30.3 Å². The second-order valence-electron chi connectivity index (χ2n) is 5.42. The van der Waals surface area contributed by atoms with Crippen LogP contribution in [-0.2, 0) is 0 Å². The molecule has 0 aliphatic heterocycles. The van der Waals surface area contributed by atoms with Crippen molar-refractivity contribution in [3.63, 3.8) is 0 Å². The number of nitrogens with zero attached hydrogens (tertiary/aromatic N) is 2. The standard InChI is InChI=1S/C18H17N3OS2/c1-12(2)24-15-5-3-4-14(10-15)17(22)21-18-20-16(11-23-18)13-6-8-19-9-7-13/h3-12H,1-2H3,(H,20,21,22). The zero-order valence-electron chi connectivity index (χ0n) is 13.4. The Morgan fingerprint density at radius 1 is 1.21 bits per heavy atom. The first-order chi connectivity index (χ1) is 11.6. The van der Waals surface area contributed by atoms with Gasteiger partial charge in [-0.15, -0.1) is 23.1 Å². The maximum absolute atomic E-state index is 12.4. The molecule has 1 N–H and O–H groups in total. The molecule has 1 aromatic carbocycles. The lowest BCUT2D eigenvalue weighted by Crippen LogP contribution is -2.11. The van der Waals surface area contributed by atoms with E-state index in [4.69, 9.17) is 0 Å². The Hall–Kier alpha value is -2.18. The predicted octanol–water partition coefficient (Wildman–Crippen LogP) is 4.96. The van der Waals surface area contributed by atoms with E-state index in [9.17, 15) is 4.79 Å². The van der Waals surface area contributed by atoms with Crippen molar-refractivity contribution < 1.29 is 4.79 Å². The third kappa shape index (κ3) is 4.21. The summed E-state index contributed by atoms with van der Waals surface area (Å²) in [5, 5.41) is 5.87. The first-order valence-electron chi connectivity index (χ1n) is 7.56. The fourth-order valence-electron chi connectivity index (χ4n) is 2.14. The van der Waals surface area contributed by atoms with E-state index in [2.05, 4.69) is 29.1 Å². The number of thiazole rings is 1. The van der Waals surface area contributed by atoms with Crippen molar-refractivity contribution in [3.05, 3.63) is 59.7 Å². The summed E-state index contributed by atoms with van der Waals surface area (Å²) in [6.45, 7) is 4.27. The number of rotatable bonds is 5. The van der Waals surface area contributed by atoms with Crippen LogP contribution in [0.3, 0.4) is 0 Å². The fourth-order valence-corrected chi connectivity index (χ4v) is 3.75. The minimum Gasteiger partial charge on any atom is -0.298 e. The number of pyridine rings is 1. The summed E-state index contributed by atoms with van der Waals surface area (Å²) in [5.41, 5.74) is 2.46. The topological polar surface area (TPSA) is 54.9 Å². The molecule has 3 aromatic rings. The Bertz CT molecular complexity index is 831. The third-order valence-corrected chi connectivity index (χ3v) is 4.92. The third-order valence-electron chi connectivity index (χ3n) is 3.17. The number of nitrogens with one attached hydrogen (secondary N) is 1. The molecule has 0 spiro atoms. The molecule has 4 nitrogen and oxygen atoms in total. The van der Waals surface area contributed by atoms with Gasteiger partial charge in [0.2, 0.25) is 0 Å². The molecular weight excluding hydrogens is 338 g/mol. The lowest BCUT2D eigenvalue weighted by Gasteiger charge is -2.07. The highest BCUT2D eigenvalue weighted by Crippen LogP contribution is 2.26. The van der Waals surface area contributed by atoms with Crippen molar-refractivity contribution in [1.82, 2.24) is 9.97 Å². The fraction of sp³-hybridized carbons (Fsp3) is 0.167. The molecule has 2 aromatic heterocycles. The molecule has 122 valence electrons. The molecule has 0 unspecified atom stereocenters. The van der Waals surface area contributed by atoms with E-state index in [0.29, 0.717) is 15.9 Å². The molecule has 0 aliphatic rings. The molecule has 0 atom stereocenters. The summed E-state index contributed by atoms with van der Waals surface area (Å²) in [6.07, 6.45) is 3.45. The first-order valence-corrected chi connectivity index (χ1v) is 9.32. The van der Waals surface area contributed by atoms with Gasteiger partial charge in [-0.2, -0.15) is 0 Å². The van der Waals surface area contributed by atoms with Gasteiger partial charge in [0.1, 0.15) is 0 Å². The van der Waals surface area contributed by atoms with Gasteiger partial charge in [0, 0.05) is 39.0 Å². The number of carbonyl (C=O) groups is 1. The Labute approximate surface area is 149 Å².